The van der Waals surface area contributed by atoms with E-state index in [0.29, 0.717) is 0 Å². The maximum absolute atomic E-state index is 4.60. The van der Waals surface area contributed by atoms with Crippen LogP contribution in [-0.2, 0) is 6.42 Å². The highest BCUT2D eigenvalue weighted by Gasteiger charge is 2.16. The van der Waals surface area contributed by atoms with Gasteiger partial charge in [-0.3, -0.25) is 9.89 Å². The Morgan fingerprint density at radius 3 is 2.39 bits per heavy atom. The van der Waals surface area contributed by atoms with E-state index in [0.717, 1.165) is 63.8 Å². The molecular weight excluding hydrogens is 519 g/mol. The van der Waals surface area contributed by atoms with Crippen molar-refractivity contribution in [3.8, 4) is 0 Å². The molecular formula is C23H37IN6S. The highest BCUT2D eigenvalue weighted by atomic mass is 127. The Morgan fingerprint density at radius 1 is 1.03 bits per heavy atom. The van der Waals surface area contributed by atoms with E-state index in [1.54, 1.807) is 11.3 Å². The Kier molecular flexibility index (Phi) is 11.6. The molecule has 0 unspecified atom stereocenters. The third kappa shape index (κ3) is 8.57. The molecule has 1 aliphatic heterocycles. The van der Waals surface area contributed by atoms with Gasteiger partial charge in [0, 0.05) is 63.3 Å². The minimum atomic E-state index is 0. The minimum Gasteiger partial charge on any atom is -0.369 e. The summed E-state index contributed by atoms with van der Waals surface area (Å²) >= 11 is 1.79. The summed E-state index contributed by atoms with van der Waals surface area (Å²) in [6.45, 7) is 11.8. The summed E-state index contributed by atoms with van der Waals surface area (Å²) in [5, 5.41) is 8.03. The molecule has 1 fully saturated rings. The number of unbranched alkanes of at least 4 members (excludes halogenated alkanes) is 1. The second-order valence-electron chi connectivity index (χ2n) is 7.80. The fourth-order valence-electron chi connectivity index (χ4n) is 3.69. The van der Waals surface area contributed by atoms with Crippen LogP contribution in [0.4, 0.5) is 5.69 Å². The molecule has 6 nitrogen and oxygen atoms in total. The monoisotopic (exact) mass is 556 g/mol. The van der Waals surface area contributed by atoms with E-state index in [4.69, 9.17) is 0 Å². The Bertz CT molecular complexity index is 767. The van der Waals surface area contributed by atoms with Gasteiger partial charge in [-0.25, -0.2) is 4.98 Å². The van der Waals surface area contributed by atoms with Gasteiger partial charge < -0.3 is 15.5 Å². The summed E-state index contributed by atoms with van der Waals surface area (Å²) in [7, 11) is 1.83. The molecule has 3 rings (SSSR count). The van der Waals surface area contributed by atoms with Crippen molar-refractivity contribution in [2.24, 2.45) is 4.99 Å². The van der Waals surface area contributed by atoms with Crippen LogP contribution in [0.1, 0.15) is 28.4 Å². The molecule has 0 bridgehead atoms. The molecule has 1 aliphatic rings. The van der Waals surface area contributed by atoms with E-state index in [1.165, 1.54) is 28.5 Å². The number of anilines is 1. The van der Waals surface area contributed by atoms with Gasteiger partial charge in [-0.2, -0.15) is 0 Å². The van der Waals surface area contributed by atoms with Crippen LogP contribution in [0.5, 0.6) is 0 Å². The van der Waals surface area contributed by atoms with Crippen molar-refractivity contribution in [3.05, 3.63) is 45.9 Å². The predicted molar refractivity (Wildman–Crippen MR) is 144 cm³/mol. The molecule has 31 heavy (non-hydrogen) atoms. The van der Waals surface area contributed by atoms with Gasteiger partial charge in [0.25, 0.3) is 0 Å². The molecule has 0 spiro atoms. The van der Waals surface area contributed by atoms with E-state index in [1.807, 2.05) is 7.05 Å². The molecule has 0 aliphatic carbocycles. The number of hydrogen-bond acceptors (Lipinski definition) is 5. The average Bonchev–Trinajstić information content (AvgIpc) is 3.10. The summed E-state index contributed by atoms with van der Waals surface area (Å²) in [6.07, 6.45) is 3.31. The lowest BCUT2D eigenvalue weighted by Gasteiger charge is -2.36. The van der Waals surface area contributed by atoms with Crippen LogP contribution >= 0.6 is 35.3 Å². The number of guanidine groups is 1. The Hall–Kier alpha value is -1.39. The second kappa shape index (κ2) is 13.9. The number of para-hydroxylation sites is 1. The average molecular weight is 557 g/mol. The van der Waals surface area contributed by atoms with Crippen molar-refractivity contribution in [2.45, 2.75) is 33.1 Å². The zero-order chi connectivity index (χ0) is 21.2. The number of hydrogen-bond donors (Lipinski definition) is 2. The van der Waals surface area contributed by atoms with Gasteiger partial charge in [0.05, 0.1) is 10.7 Å². The van der Waals surface area contributed by atoms with Crippen LogP contribution in [0, 0.1) is 13.8 Å². The topological polar surface area (TPSA) is 55.8 Å². The molecule has 1 saturated heterocycles. The molecule has 2 heterocycles. The lowest BCUT2D eigenvalue weighted by Crippen LogP contribution is -2.46. The van der Waals surface area contributed by atoms with Crippen molar-refractivity contribution in [2.75, 3.05) is 57.8 Å². The van der Waals surface area contributed by atoms with Gasteiger partial charge >= 0.3 is 0 Å². The van der Waals surface area contributed by atoms with E-state index in [9.17, 15) is 0 Å². The number of thiazole rings is 1. The summed E-state index contributed by atoms with van der Waals surface area (Å²) in [5.41, 5.74) is 2.50. The maximum atomic E-state index is 4.60. The summed E-state index contributed by atoms with van der Waals surface area (Å²) in [6, 6.07) is 10.7. The number of halogens is 1. The van der Waals surface area contributed by atoms with E-state index < -0.39 is 0 Å². The normalized spacial score (nSPS) is 14.9. The predicted octanol–water partition coefficient (Wildman–Crippen LogP) is 3.69. The van der Waals surface area contributed by atoms with E-state index in [2.05, 4.69) is 74.6 Å². The Morgan fingerprint density at radius 2 is 1.74 bits per heavy atom. The number of aromatic nitrogens is 1. The maximum Gasteiger partial charge on any atom is 0.190 e. The quantitative estimate of drug-likeness (QED) is 0.214. The minimum absolute atomic E-state index is 0. The first-order valence-electron chi connectivity index (χ1n) is 11.1. The third-order valence-electron chi connectivity index (χ3n) is 5.61. The van der Waals surface area contributed by atoms with Gasteiger partial charge in [-0.1, -0.05) is 18.2 Å². The van der Waals surface area contributed by atoms with Gasteiger partial charge in [-0.05, 0) is 45.4 Å². The number of piperazine rings is 1. The molecule has 8 heteroatoms. The van der Waals surface area contributed by atoms with Crippen LogP contribution in [0.25, 0.3) is 0 Å². The molecule has 0 saturated carbocycles. The molecule has 1 aromatic carbocycles. The van der Waals surface area contributed by atoms with Gasteiger partial charge in [0.2, 0.25) is 0 Å². The van der Waals surface area contributed by atoms with Crippen LogP contribution in [0.2, 0.25) is 0 Å². The molecule has 0 atom stereocenters. The van der Waals surface area contributed by atoms with Crippen molar-refractivity contribution in [1.29, 1.82) is 0 Å². The summed E-state index contributed by atoms with van der Waals surface area (Å²) in [5.74, 6) is 0.886. The van der Waals surface area contributed by atoms with Gasteiger partial charge in [0.15, 0.2) is 5.96 Å². The van der Waals surface area contributed by atoms with Crippen LogP contribution in [0.3, 0.4) is 0 Å². The lowest BCUT2D eigenvalue weighted by atomic mass is 10.2. The van der Waals surface area contributed by atoms with Crippen LogP contribution in [0.15, 0.2) is 35.3 Å². The highest BCUT2D eigenvalue weighted by Crippen LogP contribution is 2.17. The molecule has 0 amide bonds. The van der Waals surface area contributed by atoms with E-state index in [-0.39, 0.29) is 24.0 Å². The Balaban J connectivity index is 0.00000341. The summed E-state index contributed by atoms with van der Waals surface area (Å²) in [4.78, 5) is 15.3. The number of nitrogens with zero attached hydrogens (tertiary/aromatic N) is 4. The molecule has 2 N–H and O–H groups in total. The first kappa shape index (κ1) is 25.9. The fourth-order valence-corrected chi connectivity index (χ4v) is 4.62. The molecule has 0 radical (unpaired) electrons. The number of nitrogens with one attached hydrogen (secondary N) is 2. The van der Waals surface area contributed by atoms with Crippen molar-refractivity contribution < 1.29 is 0 Å². The zero-order valence-electron chi connectivity index (χ0n) is 19.1. The third-order valence-corrected chi connectivity index (χ3v) is 6.75. The summed E-state index contributed by atoms with van der Waals surface area (Å²) < 4.78 is 0. The number of aryl methyl sites for hydroxylation is 2. The molecule has 172 valence electrons. The smallest absolute Gasteiger partial charge is 0.190 e. The number of rotatable bonds is 9. The lowest BCUT2D eigenvalue weighted by molar-refractivity contribution is 0.253. The number of aliphatic imine (C=N–C) groups is 1. The van der Waals surface area contributed by atoms with E-state index >= 15 is 0 Å². The standard InChI is InChI=1S/C23H36N6S.HI/c1-19-20(2)30-22(27-19)11-13-26-23(24-3)25-12-7-8-14-28-15-17-29(18-16-28)21-9-5-4-6-10-21;/h4-6,9-10H,7-8,11-18H2,1-3H3,(H2,24,25,26);1H. The van der Waals surface area contributed by atoms with Crippen molar-refractivity contribution >= 4 is 47.0 Å². The van der Waals surface area contributed by atoms with Gasteiger partial charge in [-0.15, -0.1) is 35.3 Å². The number of benzene rings is 1. The fraction of sp³-hybridized carbons (Fsp3) is 0.565. The SMILES string of the molecule is CN=C(NCCCCN1CCN(c2ccccc2)CC1)NCCc1nc(C)c(C)s1.I. The largest absolute Gasteiger partial charge is 0.369 e. The molecule has 2 aromatic rings. The van der Waals surface area contributed by atoms with Crippen LogP contribution < -0.4 is 15.5 Å². The Labute approximate surface area is 208 Å². The first-order chi connectivity index (χ1) is 14.7. The van der Waals surface area contributed by atoms with Crippen molar-refractivity contribution in [1.82, 2.24) is 20.5 Å². The second-order valence-corrected chi connectivity index (χ2v) is 9.08. The van der Waals surface area contributed by atoms with Gasteiger partial charge in [0.1, 0.15) is 0 Å². The van der Waals surface area contributed by atoms with Crippen LogP contribution in [-0.4, -0.2) is 68.7 Å². The first-order valence-corrected chi connectivity index (χ1v) is 11.9. The molecule has 1 aromatic heterocycles. The van der Waals surface area contributed by atoms with Crippen molar-refractivity contribution in [3.63, 3.8) is 0 Å². The zero-order valence-corrected chi connectivity index (χ0v) is 22.2. The highest BCUT2D eigenvalue weighted by molar-refractivity contribution is 14.0.